The summed E-state index contributed by atoms with van der Waals surface area (Å²) in [6.45, 7) is 4.82. The molecule has 4 nitrogen and oxygen atoms in total. The molecular weight excluding hydrogens is 339 g/mol. The number of hydrogen-bond donors (Lipinski definition) is 0. The van der Waals surface area contributed by atoms with Crippen LogP contribution in [0, 0.1) is 5.82 Å². The summed E-state index contributed by atoms with van der Waals surface area (Å²) in [5.41, 5.74) is 1.96. The number of halogens is 2. The number of nitrogens with zero attached hydrogens (tertiary/aromatic N) is 2. The zero-order valence-corrected chi connectivity index (χ0v) is 13.5. The number of rotatable bonds is 6. The van der Waals surface area contributed by atoms with Crippen LogP contribution in [-0.2, 0) is 19.6 Å². The first-order valence-corrected chi connectivity index (χ1v) is 7.52. The molecule has 0 bridgehead atoms. The van der Waals surface area contributed by atoms with Gasteiger partial charge in [-0.25, -0.2) is 4.39 Å². The average Bonchev–Trinajstić information content (AvgIpc) is 2.81. The number of benzene rings is 1. The molecule has 2 aromatic rings. The molecule has 0 saturated carbocycles. The maximum absolute atomic E-state index is 13.8. The maximum Gasteiger partial charge on any atom is 0.166 e. The summed E-state index contributed by atoms with van der Waals surface area (Å²) in [6.07, 6.45) is 1.38. The van der Waals surface area contributed by atoms with E-state index >= 15 is 0 Å². The Labute approximate surface area is 131 Å². The van der Waals surface area contributed by atoms with E-state index in [0.717, 1.165) is 22.3 Å². The summed E-state index contributed by atoms with van der Waals surface area (Å²) < 4.78 is 22.0. The highest BCUT2D eigenvalue weighted by atomic mass is 79.9. The van der Waals surface area contributed by atoms with E-state index in [1.54, 1.807) is 0 Å². The van der Waals surface area contributed by atoms with Crippen molar-refractivity contribution >= 4 is 22.2 Å². The van der Waals surface area contributed by atoms with Crippen molar-refractivity contribution in [1.29, 1.82) is 0 Å². The van der Waals surface area contributed by atoms with E-state index < -0.39 is 5.82 Å². The van der Waals surface area contributed by atoms with E-state index in [0.29, 0.717) is 12.8 Å². The molecule has 0 atom stereocenters. The highest BCUT2D eigenvalue weighted by Crippen LogP contribution is 2.26. The van der Waals surface area contributed by atoms with Gasteiger partial charge in [-0.15, -0.1) is 0 Å². The summed E-state index contributed by atoms with van der Waals surface area (Å²) in [4.78, 5) is 11.0. The van der Waals surface area contributed by atoms with Crippen LogP contribution in [0.2, 0.25) is 0 Å². The predicted molar refractivity (Wildman–Crippen MR) is 81.1 cm³/mol. The van der Waals surface area contributed by atoms with Crippen molar-refractivity contribution in [3.8, 4) is 5.75 Å². The fraction of sp³-hybridized carbons (Fsp3) is 0.333. The third-order valence-electron chi connectivity index (χ3n) is 3.17. The molecule has 6 heteroatoms. The normalized spacial score (nSPS) is 10.7. The molecule has 21 heavy (non-hydrogen) atoms. The Morgan fingerprint density at radius 2 is 2.19 bits per heavy atom. The molecule has 0 fully saturated rings. The van der Waals surface area contributed by atoms with Crippen molar-refractivity contribution < 1.29 is 13.9 Å². The van der Waals surface area contributed by atoms with Gasteiger partial charge in [0.1, 0.15) is 6.61 Å². The summed E-state index contributed by atoms with van der Waals surface area (Å²) in [5.74, 6) is -0.574. The Kier molecular flexibility index (Phi) is 5.12. The van der Waals surface area contributed by atoms with E-state index in [9.17, 15) is 9.18 Å². The van der Waals surface area contributed by atoms with E-state index in [2.05, 4.69) is 21.0 Å². The highest BCUT2D eigenvalue weighted by molar-refractivity contribution is 9.10. The Hall–Kier alpha value is -1.69. The van der Waals surface area contributed by atoms with Crippen molar-refractivity contribution in [2.24, 2.45) is 0 Å². The van der Waals surface area contributed by atoms with Crippen molar-refractivity contribution in [2.75, 3.05) is 0 Å². The van der Waals surface area contributed by atoms with Crippen LogP contribution in [0.1, 0.15) is 35.6 Å². The smallest absolute Gasteiger partial charge is 0.166 e. The van der Waals surface area contributed by atoms with E-state index in [1.165, 1.54) is 18.2 Å². The predicted octanol–water partition coefficient (Wildman–Crippen LogP) is 3.76. The molecule has 0 radical (unpaired) electrons. The number of carbonyl (C=O) groups excluding carboxylic acids is 1. The molecule has 0 aliphatic rings. The monoisotopic (exact) mass is 354 g/mol. The van der Waals surface area contributed by atoms with Gasteiger partial charge < -0.3 is 4.74 Å². The number of carbonyl (C=O) groups is 1. The molecular formula is C15H16BrFN2O2. The summed E-state index contributed by atoms with van der Waals surface area (Å²) in [6, 6.07) is 4.27. The number of aromatic nitrogens is 2. The van der Waals surface area contributed by atoms with E-state index in [1.807, 2.05) is 18.5 Å². The zero-order chi connectivity index (χ0) is 15.4. The molecule has 2 rings (SSSR count). The number of hydrogen-bond acceptors (Lipinski definition) is 3. The molecule has 0 aliphatic carbocycles. The molecule has 0 unspecified atom stereocenters. The van der Waals surface area contributed by atoms with Crippen LogP contribution in [0.15, 0.2) is 22.7 Å². The minimum Gasteiger partial charge on any atom is -0.483 e. The second-order valence-electron chi connectivity index (χ2n) is 4.44. The summed E-state index contributed by atoms with van der Waals surface area (Å²) in [5, 5.41) is 4.45. The number of para-hydroxylation sites is 1. The number of aldehydes is 1. The van der Waals surface area contributed by atoms with Gasteiger partial charge in [0.25, 0.3) is 0 Å². The van der Waals surface area contributed by atoms with Gasteiger partial charge in [0.15, 0.2) is 17.9 Å². The second kappa shape index (κ2) is 6.85. The zero-order valence-electron chi connectivity index (χ0n) is 11.9. The topological polar surface area (TPSA) is 44.1 Å². The maximum atomic E-state index is 13.8. The van der Waals surface area contributed by atoms with Crippen LogP contribution >= 0.6 is 15.9 Å². The molecule has 0 spiro atoms. The molecule has 112 valence electrons. The SMILES string of the molecule is CCc1nn(CC)c(COc2c(F)cccc2C=O)c1Br. The van der Waals surface area contributed by atoms with Gasteiger partial charge in [-0.1, -0.05) is 13.0 Å². The van der Waals surface area contributed by atoms with Crippen LogP contribution < -0.4 is 4.74 Å². The fourth-order valence-corrected chi connectivity index (χ4v) is 2.75. The molecule has 0 amide bonds. The largest absolute Gasteiger partial charge is 0.483 e. The molecule has 1 heterocycles. The van der Waals surface area contributed by atoms with Crippen LogP contribution in [0.3, 0.4) is 0 Å². The lowest BCUT2D eigenvalue weighted by atomic mass is 10.2. The minimum absolute atomic E-state index is 0.0266. The van der Waals surface area contributed by atoms with Crippen LogP contribution in [0.4, 0.5) is 4.39 Å². The van der Waals surface area contributed by atoms with Crippen molar-refractivity contribution in [2.45, 2.75) is 33.4 Å². The van der Waals surface area contributed by atoms with Crippen molar-refractivity contribution in [3.63, 3.8) is 0 Å². The molecule has 0 aliphatic heterocycles. The second-order valence-corrected chi connectivity index (χ2v) is 5.23. The lowest BCUT2D eigenvalue weighted by molar-refractivity contribution is 0.111. The van der Waals surface area contributed by atoms with Crippen LogP contribution in [0.25, 0.3) is 0 Å². The van der Waals surface area contributed by atoms with Gasteiger partial charge >= 0.3 is 0 Å². The average molecular weight is 355 g/mol. The fourth-order valence-electron chi connectivity index (χ4n) is 2.07. The van der Waals surface area contributed by atoms with Gasteiger partial charge in [0.2, 0.25) is 0 Å². The molecule has 0 saturated heterocycles. The van der Waals surface area contributed by atoms with Gasteiger partial charge in [-0.05, 0) is 41.4 Å². The van der Waals surface area contributed by atoms with Crippen molar-refractivity contribution in [1.82, 2.24) is 9.78 Å². The van der Waals surface area contributed by atoms with Crippen molar-refractivity contribution in [3.05, 3.63) is 45.4 Å². The van der Waals surface area contributed by atoms with Crippen LogP contribution in [-0.4, -0.2) is 16.1 Å². The third kappa shape index (κ3) is 3.15. The Morgan fingerprint density at radius 1 is 1.43 bits per heavy atom. The van der Waals surface area contributed by atoms with Gasteiger partial charge in [-0.2, -0.15) is 5.10 Å². The lowest BCUT2D eigenvalue weighted by Gasteiger charge is -2.10. The third-order valence-corrected chi connectivity index (χ3v) is 4.09. The molecule has 1 aromatic carbocycles. The molecule has 0 N–H and O–H groups in total. The first-order chi connectivity index (χ1) is 10.1. The first kappa shape index (κ1) is 15.7. The van der Waals surface area contributed by atoms with Gasteiger partial charge in [0.05, 0.1) is 21.4 Å². The quantitative estimate of drug-likeness (QED) is 0.742. The Bertz CT molecular complexity index is 655. The summed E-state index contributed by atoms with van der Waals surface area (Å²) in [7, 11) is 0. The molecule has 1 aromatic heterocycles. The minimum atomic E-state index is -0.547. The van der Waals surface area contributed by atoms with Gasteiger partial charge in [-0.3, -0.25) is 9.48 Å². The Balaban J connectivity index is 2.28. The standard InChI is InChI=1S/C15H16BrFN2O2/c1-3-12-14(16)13(19(4-2)18-12)9-21-15-10(8-20)6-5-7-11(15)17/h5-8H,3-4,9H2,1-2H3. The summed E-state index contributed by atoms with van der Waals surface area (Å²) >= 11 is 3.50. The first-order valence-electron chi connectivity index (χ1n) is 6.72. The number of aryl methyl sites for hydroxylation is 2. The van der Waals surface area contributed by atoms with Gasteiger partial charge in [0, 0.05) is 6.54 Å². The van der Waals surface area contributed by atoms with E-state index in [-0.39, 0.29) is 17.9 Å². The number of ether oxygens (including phenoxy) is 1. The Morgan fingerprint density at radius 3 is 2.81 bits per heavy atom. The van der Waals surface area contributed by atoms with E-state index in [4.69, 9.17) is 4.74 Å². The lowest BCUT2D eigenvalue weighted by Crippen LogP contribution is -2.08. The van der Waals surface area contributed by atoms with Crippen LogP contribution in [0.5, 0.6) is 5.75 Å². The highest BCUT2D eigenvalue weighted by Gasteiger charge is 2.16.